The van der Waals surface area contributed by atoms with Crippen molar-refractivity contribution in [3.8, 4) is 0 Å². The van der Waals surface area contributed by atoms with E-state index in [4.69, 9.17) is 4.74 Å². The van der Waals surface area contributed by atoms with Crippen LogP contribution < -0.4 is 10.6 Å². The van der Waals surface area contributed by atoms with E-state index in [1.807, 2.05) is 0 Å². The molecule has 2 heterocycles. The fourth-order valence-electron chi connectivity index (χ4n) is 4.71. The minimum Gasteiger partial charge on any atom is -0.383 e. The van der Waals surface area contributed by atoms with Crippen LogP contribution >= 0.6 is 24.8 Å². The second kappa shape index (κ2) is 10.2. The SMILES string of the molecule is COCCN1CCCC1CNC(=O)[C@@]12CCCC[C@H]1CNC2.Cl.Cl. The Kier molecular flexibility index (Phi) is 9.31. The lowest BCUT2D eigenvalue weighted by Crippen LogP contribution is -2.51. The molecule has 2 aliphatic heterocycles. The summed E-state index contributed by atoms with van der Waals surface area (Å²) in [6.07, 6.45) is 7.19. The van der Waals surface area contributed by atoms with Crippen LogP contribution in [0.3, 0.4) is 0 Å². The lowest BCUT2D eigenvalue weighted by molar-refractivity contribution is -0.134. The number of hydrogen-bond donors (Lipinski definition) is 2. The summed E-state index contributed by atoms with van der Waals surface area (Å²) >= 11 is 0. The summed E-state index contributed by atoms with van der Waals surface area (Å²) < 4.78 is 5.19. The predicted molar refractivity (Wildman–Crippen MR) is 101 cm³/mol. The number of methoxy groups -OCH3 is 1. The van der Waals surface area contributed by atoms with Gasteiger partial charge in [0.05, 0.1) is 12.0 Å². The van der Waals surface area contributed by atoms with E-state index in [0.29, 0.717) is 17.9 Å². The van der Waals surface area contributed by atoms with Crippen molar-refractivity contribution < 1.29 is 9.53 Å². The van der Waals surface area contributed by atoms with Crippen molar-refractivity contribution in [2.24, 2.45) is 11.3 Å². The fourth-order valence-corrected chi connectivity index (χ4v) is 4.71. The minimum absolute atomic E-state index is 0. The van der Waals surface area contributed by atoms with Gasteiger partial charge in [-0.3, -0.25) is 9.69 Å². The Morgan fingerprint density at radius 2 is 2.12 bits per heavy atom. The molecule has 0 aromatic heterocycles. The molecule has 1 unspecified atom stereocenters. The molecule has 0 bridgehead atoms. The maximum absolute atomic E-state index is 12.9. The lowest BCUT2D eigenvalue weighted by Gasteiger charge is -2.37. The van der Waals surface area contributed by atoms with Gasteiger partial charge in [-0.15, -0.1) is 24.8 Å². The molecule has 3 atom stereocenters. The van der Waals surface area contributed by atoms with Crippen LogP contribution in [-0.2, 0) is 9.53 Å². The van der Waals surface area contributed by atoms with E-state index in [9.17, 15) is 4.79 Å². The highest BCUT2D eigenvalue weighted by atomic mass is 35.5. The number of hydrogen-bond acceptors (Lipinski definition) is 4. The molecular weight excluding hydrogens is 349 g/mol. The van der Waals surface area contributed by atoms with Gasteiger partial charge >= 0.3 is 0 Å². The quantitative estimate of drug-likeness (QED) is 0.736. The van der Waals surface area contributed by atoms with Gasteiger partial charge < -0.3 is 15.4 Å². The van der Waals surface area contributed by atoms with Crippen LogP contribution in [-0.4, -0.2) is 63.3 Å². The maximum Gasteiger partial charge on any atom is 0.227 e. The molecular formula is C17H33Cl2N3O2. The molecule has 1 amide bonds. The highest BCUT2D eigenvalue weighted by Gasteiger charge is 2.49. The van der Waals surface area contributed by atoms with Crippen molar-refractivity contribution >= 4 is 30.7 Å². The predicted octanol–water partition coefficient (Wildman–Crippen LogP) is 1.84. The summed E-state index contributed by atoms with van der Waals surface area (Å²) in [7, 11) is 1.75. The van der Waals surface area contributed by atoms with E-state index < -0.39 is 0 Å². The van der Waals surface area contributed by atoms with Gasteiger partial charge in [0.1, 0.15) is 0 Å². The monoisotopic (exact) mass is 381 g/mol. The molecule has 0 aromatic carbocycles. The second-order valence-electron chi connectivity index (χ2n) is 7.26. The van der Waals surface area contributed by atoms with Crippen molar-refractivity contribution in [3.05, 3.63) is 0 Å². The average Bonchev–Trinajstić information content (AvgIpc) is 3.17. The van der Waals surface area contributed by atoms with Gasteiger partial charge in [0.25, 0.3) is 0 Å². The lowest BCUT2D eigenvalue weighted by atomic mass is 9.67. The van der Waals surface area contributed by atoms with Crippen LogP contribution in [0.1, 0.15) is 38.5 Å². The van der Waals surface area contributed by atoms with E-state index in [1.165, 1.54) is 32.1 Å². The molecule has 0 aromatic rings. The molecule has 3 aliphatic rings. The minimum atomic E-state index is -0.117. The molecule has 1 aliphatic carbocycles. The first-order valence-corrected chi connectivity index (χ1v) is 8.98. The van der Waals surface area contributed by atoms with Crippen molar-refractivity contribution in [3.63, 3.8) is 0 Å². The van der Waals surface area contributed by atoms with Gasteiger partial charge in [-0.1, -0.05) is 12.8 Å². The number of nitrogens with zero attached hydrogens (tertiary/aromatic N) is 1. The van der Waals surface area contributed by atoms with E-state index in [0.717, 1.165) is 45.8 Å². The Morgan fingerprint density at radius 1 is 1.29 bits per heavy atom. The third-order valence-corrected chi connectivity index (χ3v) is 6.07. The average molecular weight is 382 g/mol. The molecule has 1 saturated carbocycles. The fraction of sp³-hybridized carbons (Fsp3) is 0.941. The third kappa shape index (κ3) is 4.55. The number of fused-ring (bicyclic) bond motifs is 1. The van der Waals surface area contributed by atoms with Crippen LogP contribution in [0.4, 0.5) is 0 Å². The zero-order valence-corrected chi connectivity index (χ0v) is 16.4. The van der Waals surface area contributed by atoms with Crippen LogP contribution in [0.2, 0.25) is 0 Å². The van der Waals surface area contributed by atoms with Gasteiger partial charge in [-0.05, 0) is 44.7 Å². The number of nitrogens with one attached hydrogen (secondary N) is 2. The largest absolute Gasteiger partial charge is 0.383 e. The molecule has 2 saturated heterocycles. The molecule has 24 heavy (non-hydrogen) atoms. The summed E-state index contributed by atoms with van der Waals surface area (Å²) in [6, 6.07) is 0.493. The Hall–Kier alpha value is -0.0700. The third-order valence-electron chi connectivity index (χ3n) is 6.07. The van der Waals surface area contributed by atoms with E-state index in [-0.39, 0.29) is 30.2 Å². The molecule has 3 rings (SSSR count). The number of carbonyl (C=O) groups excluding carboxylic acids is 1. The molecule has 142 valence electrons. The molecule has 5 nitrogen and oxygen atoms in total. The Bertz CT molecular complexity index is 400. The molecule has 3 fully saturated rings. The normalized spacial score (nSPS) is 32.5. The maximum atomic E-state index is 12.9. The molecule has 0 radical (unpaired) electrons. The first-order valence-electron chi connectivity index (χ1n) is 8.98. The number of rotatable bonds is 6. The number of amides is 1. The second-order valence-corrected chi connectivity index (χ2v) is 7.26. The summed E-state index contributed by atoms with van der Waals surface area (Å²) in [4.78, 5) is 15.3. The summed E-state index contributed by atoms with van der Waals surface area (Å²) in [5, 5.41) is 6.76. The van der Waals surface area contributed by atoms with Crippen LogP contribution in [0, 0.1) is 11.3 Å². The van der Waals surface area contributed by atoms with Crippen LogP contribution in [0.25, 0.3) is 0 Å². The topological polar surface area (TPSA) is 53.6 Å². The van der Waals surface area contributed by atoms with Crippen molar-refractivity contribution in [2.75, 3.05) is 46.4 Å². The summed E-state index contributed by atoms with van der Waals surface area (Å²) in [5.41, 5.74) is -0.117. The van der Waals surface area contributed by atoms with Crippen LogP contribution in [0.15, 0.2) is 0 Å². The van der Waals surface area contributed by atoms with Crippen molar-refractivity contribution in [2.45, 2.75) is 44.6 Å². The van der Waals surface area contributed by atoms with E-state index in [1.54, 1.807) is 7.11 Å². The zero-order valence-electron chi connectivity index (χ0n) is 14.7. The van der Waals surface area contributed by atoms with Crippen molar-refractivity contribution in [1.29, 1.82) is 0 Å². The molecule has 7 heteroatoms. The van der Waals surface area contributed by atoms with Gasteiger partial charge in [0.2, 0.25) is 5.91 Å². The van der Waals surface area contributed by atoms with Gasteiger partial charge in [-0.2, -0.15) is 0 Å². The molecule has 2 N–H and O–H groups in total. The van der Waals surface area contributed by atoms with Gasteiger partial charge in [0.15, 0.2) is 0 Å². The summed E-state index contributed by atoms with van der Waals surface area (Å²) in [6.45, 7) is 5.60. The smallest absolute Gasteiger partial charge is 0.227 e. The summed E-state index contributed by atoms with van der Waals surface area (Å²) in [5.74, 6) is 0.857. The zero-order chi connectivity index (χ0) is 15.4. The Balaban J connectivity index is 0.00000144. The van der Waals surface area contributed by atoms with Crippen molar-refractivity contribution in [1.82, 2.24) is 15.5 Å². The first kappa shape index (κ1) is 22.0. The van der Waals surface area contributed by atoms with Crippen LogP contribution in [0.5, 0.6) is 0 Å². The van der Waals surface area contributed by atoms with E-state index >= 15 is 0 Å². The van der Waals surface area contributed by atoms with Gasteiger partial charge in [0, 0.05) is 32.8 Å². The first-order chi connectivity index (χ1) is 10.8. The number of likely N-dealkylation sites (tertiary alicyclic amines) is 1. The highest BCUT2D eigenvalue weighted by molar-refractivity contribution is 5.85. The number of carbonyl (C=O) groups is 1. The van der Waals surface area contributed by atoms with Gasteiger partial charge in [-0.25, -0.2) is 0 Å². The molecule has 0 spiro atoms. The number of ether oxygens (including phenoxy) is 1. The standard InChI is InChI=1S/C17H31N3O2.2ClH/c1-22-10-9-20-8-4-6-15(20)12-19-16(21)17-7-3-2-5-14(17)11-18-13-17;;/h14-15,18H,2-13H2,1H3,(H,19,21);2*1H/t14-,15?,17+;;/m0../s1. The van der Waals surface area contributed by atoms with E-state index in [2.05, 4.69) is 15.5 Å². The Labute approximate surface area is 158 Å². The Morgan fingerprint density at radius 3 is 2.92 bits per heavy atom. The number of halogens is 2. The highest BCUT2D eigenvalue weighted by Crippen LogP contribution is 2.43.